The molecule has 1 aliphatic rings. The van der Waals surface area contributed by atoms with Crippen molar-refractivity contribution in [3.63, 3.8) is 0 Å². The molecule has 2 aromatic carbocycles. The molecule has 2 aromatic rings. The number of rotatable bonds is 6. The lowest BCUT2D eigenvalue weighted by atomic mass is 9.79. The zero-order valence-electron chi connectivity index (χ0n) is 15.8. The van der Waals surface area contributed by atoms with Crippen LogP contribution in [0.3, 0.4) is 0 Å². The summed E-state index contributed by atoms with van der Waals surface area (Å²) < 4.78 is 5.91. The van der Waals surface area contributed by atoms with Crippen molar-refractivity contribution in [3.05, 3.63) is 59.7 Å². The van der Waals surface area contributed by atoms with Gasteiger partial charge in [-0.2, -0.15) is 5.26 Å². The molecule has 27 heavy (non-hydrogen) atoms. The fraction of sp³-hybridized carbons (Fsp3) is 0.364. The van der Waals surface area contributed by atoms with E-state index in [4.69, 9.17) is 10.5 Å². The summed E-state index contributed by atoms with van der Waals surface area (Å²) in [6, 6.07) is 16.3. The molecule has 5 heteroatoms. The van der Waals surface area contributed by atoms with Gasteiger partial charge in [0.05, 0.1) is 11.1 Å². The Morgan fingerprint density at radius 3 is 2.48 bits per heavy atom. The monoisotopic (exact) mass is 363 g/mol. The maximum absolute atomic E-state index is 12.9. The molecule has 0 unspecified atom stereocenters. The van der Waals surface area contributed by atoms with Gasteiger partial charge in [0.25, 0.3) is 5.91 Å². The summed E-state index contributed by atoms with van der Waals surface area (Å²) in [6.07, 6.45) is 1.01. The van der Waals surface area contributed by atoms with Gasteiger partial charge in [0, 0.05) is 13.1 Å². The van der Waals surface area contributed by atoms with Crippen LogP contribution in [0.1, 0.15) is 36.2 Å². The Kier molecular flexibility index (Phi) is 5.48. The van der Waals surface area contributed by atoms with Crippen molar-refractivity contribution in [3.8, 4) is 17.6 Å². The van der Waals surface area contributed by atoms with E-state index < -0.39 is 0 Å². The summed E-state index contributed by atoms with van der Waals surface area (Å²) in [6.45, 7) is 6.45. The second-order valence-corrected chi connectivity index (χ2v) is 7.85. The Morgan fingerprint density at radius 1 is 1.19 bits per heavy atom. The molecule has 140 valence electrons. The number of benzene rings is 2. The van der Waals surface area contributed by atoms with Crippen LogP contribution in [0.4, 0.5) is 0 Å². The third kappa shape index (κ3) is 4.29. The second-order valence-electron chi connectivity index (χ2n) is 7.85. The Labute approximate surface area is 160 Å². The van der Waals surface area contributed by atoms with E-state index in [1.807, 2.05) is 17.0 Å². The lowest BCUT2D eigenvalue weighted by molar-refractivity contribution is 0.0404. The van der Waals surface area contributed by atoms with Crippen LogP contribution in [0.2, 0.25) is 0 Å². The number of nitrogens with two attached hydrogens (primary N) is 1. The third-order valence-corrected chi connectivity index (χ3v) is 4.98. The topological polar surface area (TPSA) is 79.3 Å². The third-order valence-electron chi connectivity index (χ3n) is 4.98. The summed E-state index contributed by atoms with van der Waals surface area (Å²) in [4.78, 5) is 14.8. The van der Waals surface area contributed by atoms with Crippen molar-refractivity contribution in [2.45, 2.75) is 20.3 Å². The zero-order valence-corrected chi connectivity index (χ0v) is 15.8. The molecule has 1 saturated heterocycles. The van der Waals surface area contributed by atoms with Crippen LogP contribution in [0.5, 0.6) is 11.5 Å². The number of amides is 1. The van der Waals surface area contributed by atoms with Gasteiger partial charge in [-0.05, 0) is 48.6 Å². The minimum atomic E-state index is -0.0400. The molecule has 0 bridgehead atoms. The van der Waals surface area contributed by atoms with Crippen molar-refractivity contribution in [2.75, 3.05) is 19.6 Å². The summed E-state index contributed by atoms with van der Waals surface area (Å²) in [5.41, 5.74) is 6.87. The number of hydrogen-bond acceptors (Lipinski definition) is 4. The molecular formula is C22H25N3O2. The molecule has 2 N–H and O–H groups in total. The van der Waals surface area contributed by atoms with Crippen molar-refractivity contribution in [1.29, 1.82) is 5.26 Å². The number of ether oxygens (including phenoxy) is 1. The largest absolute Gasteiger partial charge is 0.455 e. The molecule has 1 amide bonds. The van der Waals surface area contributed by atoms with Crippen LogP contribution in [0.25, 0.3) is 0 Å². The van der Waals surface area contributed by atoms with Gasteiger partial charge < -0.3 is 15.4 Å². The highest BCUT2D eigenvalue weighted by Crippen LogP contribution is 2.33. The summed E-state index contributed by atoms with van der Waals surface area (Å²) >= 11 is 0. The van der Waals surface area contributed by atoms with Crippen LogP contribution >= 0.6 is 0 Å². The fourth-order valence-electron chi connectivity index (χ4n) is 3.40. The first-order valence-corrected chi connectivity index (χ1v) is 9.19. The van der Waals surface area contributed by atoms with Gasteiger partial charge in [-0.15, -0.1) is 0 Å². The number of hydrogen-bond donors (Lipinski definition) is 1. The first kappa shape index (κ1) is 18.9. The number of likely N-dealkylation sites (tertiary alicyclic amines) is 1. The molecule has 0 spiro atoms. The van der Waals surface area contributed by atoms with Gasteiger partial charge in [0.2, 0.25) is 0 Å². The van der Waals surface area contributed by atoms with Crippen LogP contribution in [-0.4, -0.2) is 30.4 Å². The summed E-state index contributed by atoms with van der Waals surface area (Å²) in [5.74, 6) is 1.36. The lowest BCUT2D eigenvalue weighted by Crippen LogP contribution is -2.51. The number of nitriles is 1. The molecule has 3 rings (SSSR count). The Morgan fingerprint density at radius 2 is 1.81 bits per heavy atom. The van der Waals surface area contributed by atoms with Crippen LogP contribution in [-0.2, 0) is 0 Å². The van der Waals surface area contributed by atoms with Gasteiger partial charge in [-0.1, -0.05) is 38.1 Å². The standard InChI is InChI=1S/C22H25N3O2/c1-22(2,15-24)11-16-13-25(14-16)21(26)18-8-4-6-10-20(18)27-19-9-5-3-7-17(19)12-23/h3-10,16H,11,13-15,24H2,1-2H3. The lowest BCUT2D eigenvalue weighted by Gasteiger charge is -2.42. The first-order chi connectivity index (χ1) is 12.9. The van der Waals surface area contributed by atoms with E-state index in [0.29, 0.717) is 35.1 Å². The van der Waals surface area contributed by atoms with Crippen molar-refractivity contribution < 1.29 is 9.53 Å². The Bertz CT molecular complexity index is 864. The quantitative estimate of drug-likeness (QED) is 0.847. The zero-order chi connectivity index (χ0) is 19.4. The summed E-state index contributed by atoms with van der Waals surface area (Å²) in [5, 5.41) is 9.24. The number of carbonyl (C=O) groups is 1. The van der Waals surface area contributed by atoms with Crippen molar-refractivity contribution >= 4 is 5.91 Å². The highest BCUT2D eigenvalue weighted by atomic mass is 16.5. The van der Waals surface area contributed by atoms with E-state index in [1.54, 1.807) is 36.4 Å². The normalized spacial score (nSPS) is 14.4. The van der Waals surface area contributed by atoms with E-state index in [2.05, 4.69) is 19.9 Å². The molecule has 0 aliphatic carbocycles. The van der Waals surface area contributed by atoms with Gasteiger partial charge >= 0.3 is 0 Å². The van der Waals surface area contributed by atoms with E-state index >= 15 is 0 Å². The van der Waals surface area contributed by atoms with Crippen molar-refractivity contribution in [1.82, 2.24) is 4.90 Å². The fourth-order valence-corrected chi connectivity index (χ4v) is 3.40. The number of para-hydroxylation sites is 2. The molecule has 1 aliphatic heterocycles. The minimum absolute atomic E-state index is 0.0400. The molecule has 0 aromatic heterocycles. The average Bonchev–Trinajstić information content (AvgIpc) is 2.65. The minimum Gasteiger partial charge on any atom is -0.455 e. The van der Waals surface area contributed by atoms with Gasteiger partial charge in [0.1, 0.15) is 17.6 Å². The van der Waals surface area contributed by atoms with Gasteiger partial charge in [-0.3, -0.25) is 4.79 Å². The van der Waals surface area contributed by atoms with E-state index in [9.17, 15) is 10.1 Å². The van der Waals surface area contributed by atoms with Crippen molar-refractivity contribution in [2.24, 2.45) is 17.1 Å². The number of nitrogens with zero attached hydrogens (tertiary/aromatic N) is 2. The molecule has 0 radical (unpaired) electrons. The average molecular weight is 363 g/mol. The second kappa shape index (κ2) is 7.81. The van der Waals surface area contributed by atoms with Gasteiger partial charge in [0.15, 0.2) is 0 Å². The number of carbonyl (C=O) groups excluding carboxylic acids is 1. The molecule has 1 fully saturated rings. The molecule has 0 atom stereocenters. The van der Waals surface area contributed by atoms with Gasteiger partial charge in [-0.25, -0.2) is 0 Å². The highest BCUT2D eigenvalue weighted by Gasteiger charge is 2.35. The van der Waals surface area contributed by atoms with Crippen LogP contribution in [0, 0.1) is 22.7 Å². The highest BCUT2D eigenvalue weighted by molar-refractivity contribution is 5.97. The SMILES string of the molecule is CC(C)(CN)CC1CN(C(=O)c2ccccc2Oc2ccccc2C#N)C1. The molecular weight excluding hydrogens is 338 g/mol. The smallest absolute Gasteiger partial charge is 0.257 e. The Hall–Kier alpha value is -2.84. The van der Waals surface area contributed by atoms with E-state index in [-0.39, 0.29) is 11.3 Å². The maximum Gasteiger partial charge on any atom is 0.257 e. The maximum atomic E-state index is 12.9. The molecule has 0 saturated carbocycles. The molecule has 1 heterocycles. The predicted molar refractivity (Wildman–Crippen MR) is 105 cm³/mol. The van der Waals surface area contributed by atoms with Crippen LogP contribution < -0.4 is 10.5 Å². The first-order valence-electron chi connectivity index (χ1n) is 9.19. The van der Waals surface area contributed by atoms with E-state index in [0.717, 1.165) is 19.5 Å². The predicted octanol–water partition coefficient (Wildman–Crippen LogP) is 3.80. The van der Waals surface area contributed by atoms with Crippen LogP contribution in [0.15, 0.2) is 48.5 Å². The Balaban J connectivity index is 1.72. The van der Waals surface area contributed by atoms with E-state index in [1.165, 1.54) is 0 Å². The summed E-state index contributed by atoms with van der Waals surface area (Å²) in [7, 11) is 0. The molecule has 5 nitrogen and oxygen atoms in total.